The lowest BCUT2D eigenvalue weighted by molar-refractivity contribution is -0.150. The lowest BCUT2D eigenvalue weighted by Gasteiger charge is -2.51. The summed E-state index contributed by atoms with van der Waals surface area (Å²) in [5.41, 5.74) is 1.87. The topological polar surface area (TPSA) is 20.2 Å². The van der Waals surface area contributed by atoms with Gasteiger partial charge in [0, 0.05) is 10.8 Å². The third-order valence-electron chi connectivity index (χ3n) is 6.48. The lowest BCUT2D eigenvalue weighted by Crippen LogP contribution is -2.51. The third kappa shape index (κ3) is 1.59. The molecule has 1 aromatic carbocycles. The molecule has 0 radical (unpaired) electrons. The summed E-state index contributed by atoms with van der Waals surface area (Å²) < 4.78 is 0. The molecule has 2 bridgehead atoms. The van der Waals surface area contributed by atoms with Crippen molar-refractivity contribution in [3.05, 3.63) is 35.4 Å². The van der Waals surface area contributed by atoms with Crippen LogP contribution in [-0.2, 0) is 12.0 Å². The molecule has 2 fully saturated rings. The van der Waals surface area contributed by atoms with Gasteiger partial charge < -0.3 is 5.11 Å². The van der Waals surface area contributed by atoms with E-state index in [2.05, 4.69) is 52.0 Å². The summed E-state index contributed by atoms with van der Waals surface area (Å²) in [5, 5.41) is 11.7. The van der Waals surface area contributed by atoms with Gasteiger partial charge in [-0.15, -0.1) is 0 Å². The van der Waals surface area contributed by atoms with E-state index in [1.165, 1.54) is 24.8 Å². The number of hydrogen-bond donors (Lipinski definition) is 1. The van der Waals surface area contributed by atoms with Crippen molar-refractivity contribution < 1.29 is 5.11 Å². The molecule has 2 aliphatic carbocycles. The van der Waals surface area contributed by atoms with Gasteiger partial charge in [0.1, 0.15) is 5.60 Å². The summed E-state index contributed by atoms with van der Waals surface area (Å²) in [5.74, 6) is 0.660. The summed E-state index contributed by atoms with van der Waals surface area (Å²) in [6, 6.07) is 8.78. The summed E-state index contributed by atoms with van der Waals surface area (Å²) >= 11 is 0. The van der Waals surface area contributed by atoms with E-state index in [-0.39, 0.29) is 10.8 Å². The van der Waals surface area contributed by atoms with Crippen molar-refractivity contribution in [1.29, 1.82) is 0 Å². The fourth-order valence-corrected chi connectivity index (χ4v) is 5.18. The van der Waals surface area contributed by atoms with Crippen molar-refractivity contribution in [1.82, 2.24) is 0 Å². The Bertz CT molecular complexity index is 494. The fraction of sp³-hybridized carbons (Fsp3) is 0.684. The maximum absolute atomic E-state index is 11.7. The molecule has 0 aliphatic heterocycles. The van der Waals surface area contributed by atoms with Crippen molar-refractivity contribution in [2.75, 3.05) is 0 Å². The molecule has 0 aromatic heterocycles. The maximum atomic E-state index is 11.7. The van der Waals surface area contributed by atoms with Crippen molar-refractivity contribution in [2.45, 2.75) is 65.4 Å². The zero-order valence-corrected chi connectivity index (χ0v) is 13.4. The SMILES string of the molecule is CCCc1ccc(C2(O)C3(C)CCC(C3)C2(C)C)cc1. The largest absolute Gasteiger partial charge is 0.384 e. The van der Waals surface area contributed by atoms with E-state index in [1.54, 1.807) is 0 Å². The van der Waals surface area contributed by atoms with E-state index in [0.29, 0.717) is 5.92 Å². The van der Waals surface area contributed by atoms with Crippen molar-refractivity contribution >= 4 is 0 Å². The second-order valence-corrected chi connectivity index (χ2v) is 7.88. The Morgan fingerprint density at radius 3 is 2.30 bits per heavy atom. The van der Waals surface area contributed by atoms with Gasteiger partial charge in [0.2, 0.25) is 0 Å². The van der Waals surface area contributed by atoms with E-state index in [9.17, 15) is 5.11 Å². The first kappa shape index (κ1) is 14.1. The maximum Gasteiger partial charge on any atom is 0.100 e. The molecular formula is C19H28O. The molecule has 1 nitrogen and oxygen atoms in total. The number of aliphatic hydroxyl groups is 1. The van der Waals surface area contributed by atoms with E-state index in [4.69, 9.17) is 0 Å². The zero-order valence-electron chi connectivity index (χ0n) is 13.4. The van der Waals surface area contributed by atoms with Crippen LogP contribution in [0.1, 0.15) is 64.5 Å². The molecule has 0 heterocycles. The van der Waals surface area contributed by atoms with Crippen LogP contribution in [-0.4, -0.2) is 5.11 Å². The van der Waals surface area contributed by atoms with Crippen LogP contribution < -0.4 is 0 Å². The summed E-state index contributed by atoms with van der Waals surface area (Å²) in [7, 11) is 0. The van der Waals surface area contributed by atoms with Gasteiger partial charge in [-0.1, -0.05) is 58.4 Å². The predicted octanol–water partition coefficient (Wildman–Crippen LogP) is 4.67. The van der Waals surface area contributed by atoms with Gasteiger partial charge in [-0.2, -0.15) is 0 Å². The Kier molecular flexibility index (Phi) is 3.06. The Balaban J connectivity index is 2.03. The van der Waals surface area contributed by atoms with E-state index < -0.39 is 5.60 Å². The molecule has 1 N–H and O–H groups in total. The van der Waals surface area contributed by atoms with Gasteiger partial charge in [0.25, 0.3) is 0 Å². The van der Waals surface area contributed by atoms with Gasteiger partial charge in [-0.05, 0) is 42.7 Å². The minimum Gasteiger partial charge on any atom is -0.384 e. The second-order valence-electron chi connectivity index (χ2n) is 7.88. The Labute approximate surface area is 123 Å². The zero-order chi connectivity index (χ0) is 14.6. The number of fused-ring (bicyclic) bond motifs is 2. The van der Waals surface area contributed by atoms with Crippen LogP contribution in [0.3, 0.4) is 0 Å². The monoisotopic (exact) mass is 272 g/mol. The van der Waals surface area contributed by atoms with Crippen LogP contribution in [0.25, 0.3) is 0 Å². The lowest BCUT2D eigenvalue weighted by atomic mass is 9.58. The predicted molar refractivity (Wildman–Crippen MR) is 83.6 cm³/mol. The number of benzene rings is 1. The van der Waals surface area contributed by atoms with E-state index in [0.717, 1.165) is 18.4 Å². The summed E-state index contributed by atoms with van der Waals surface area (Å²) in [4.78, 5) is 0. The molecule has 0 spiro atoms. The van der Waals surface area contributed by atoms with Crippen LogP contribution in [0, 0.1) is 16.7 Å². The van der Waals surface area contributed by atoms with Crippen LogP contribution >= 0.6 is 0 Å². The minimum atomic E-state index is -0.673. The first-order chi connectivity index (χ1) is 9.35. The average molecular weight is 272 g/mol. The van der Waals surface area contributed by atoms with Crippen molar-refractivity contribution in [2.24, 2.45) is 16.7 Å². The number of rotatable bonds is 3. The highest BCUT2D eigenvalue weighted by Gasteiger charge is 2.68. The Morgan fingerprint density at radius 1 is 1.15 bits per heavy atom. The highest BCUT2D eigenvalue weighted by Crippen LogP contribution is 2.71. The second kappa shape index (κ2) is 4.34. The molecule has 3 atom stereocenters. The molecule has 3 rings (SSSR count). The summed E-state index contributed by atoms with van der Waals surface area (Å²) in [6.45, 7) is 9.04. The fourth-order valence-electron chi connectivity index (χ4n) is 5.18. The molecule has 1 heteroatoms. The molecule has 2 saturated carbocycles. The molecule has 1 aromatic rings. The molecule has 2 aliphatic rings. The molecule has 110 valence electrons. The van der Waals surface area contributed by atoms with Gasteiger partial charge in [-0.25, -0.2) is 0 Å². The van der Waals surface area contributed by atoms with Crippen LogP contribution in [0.5, 0.6) is 0 Å². The quantitative estimate of drug-likeness (QED) is 0.847. The van der Waals surface area contributed by atoms with Crippen molar-refractivity contribution in [3.8, 4) is 0 Å². The highest BCUT2D eigenvalue weighted by molar-refractivity contribution is 5.35. The smallest absolute Gasteiger partial charge is 0.100 e. The highest BCUT2D eigenvalue weighted by atomic mass is 16.3. The normalized spacial score (nSPS) is 38.4. The molecule has 0 amide bonds. The Morgan fingerprint density at radius 2 is 1.80 bits per heavy atom. The third-order valence-corrected chi connectivity index (χ3v) is 6.48. The van der Waals surface area contributed by atoms with Gasteiger partial charge in [-0.3, -0.25) is 0 Å². The molecule has 0 saturated heterocycles. The van der Waals surface area contributed by atoms with Crippen LogP contribution in [0.2, 0.25) is 0 Å². The van der Waals surface area contributed by atoms with Gasteiger partial charge in [0.15, 0.2) is 0 Å². The Hall–Kier alpha value is -0.820. The van der Waals surface area contributed by atoms with Crippen LogP contribution in [0.4, 0.5) is 0 Å². The average Bonchev–Trinajstić information content (AvgIpc) is 2.88. The van der Waals surface area contributed by atoms with Crippen LogP contribution in [0.15, 0.2) is 24.3 Å². The van der Waals surface area contributed by atoms with E-state index >= 15 is 0 Å². The standard InChI is InChI=1S/C19H28O/c1-5-6-14-7-9-15(10-8-14)19(20)17(2,3)16-11-12-18(19,4)13-16/h7-10,16,20H,5-6,11-13H2,1-4H3. The molecule has 20 heavy (non-hydrogen) atoms. The first-order valence-corrected chi connectivity index (χ1v) is 8.17. The minimum absolute atomic E-state index is 0.0216. The number of aryl methyl sites for hydroxylation is 1. The molecule has 3 unspecified atom stereocenters. The summed E-state index contributed by atoms with van der Waals surface area (Å²) in [6.07, 6.45) is 5.91. The van der Waals surface area contributed by atoms with Gasteiger partial charge >= 0.3 is 0 Å². The van der Waals surface area contributed by atoms with Gasteiger partial charge in [0.05, 0.1) is 0 Å². The number of hydrogen-bond acceptors (Lipinski definition) is 1. The van der Waals surface area contributed by atoms with E-state index in [1.807, 2.05) is 0 Å². The van der Waals surface area contributed by atoms with Crippen molar-refractivity contribution in [3.63, 3.8) is 0 Å². The first-order valence-electron chi connectivity index (χ1n) is 8.17. The molecular weight excluding hydrogens is 244 g/mol.